The van der Waals surface area contributed by atoms with Crippen LogP contribution in [0.15, 0.2) is 52.3 Å². The second kappa shape index (κ2) is 5.23. The molecule has 0 atom stereocenters. The Morgan fingerprint density at radius 1 is 1.21 bits per heavy atom. The Morgan fingerprint density at radius 3 is 2.84 bits per heavy atom. The van der Waals surface area contributed by atoms with E-state index < -0.39 is 0 Å². The maximum Gasteiger partial charge on any atom is 0.186 e. The van der Waals surface area contributed by atoms with Crippen molar-refractivity contribution in [2.45, 2.75) is 6.42 Å². The maximum atomic E-state index is 12.2. The minimum absolute atomic E-state index is 0.0557. The van der Waals surface area contributed by atoms with Gasteiger partial charge in [-0.3, -0.25) is 4.79 Å². The molecule has 19 heavy (non-hydrogen) atoms. The number of hydrogen-bond acceptors (Lipinski definition) is 3. The van der Waals surface area contributed by atoms with Crippen LogP contribution in [0.4, 0.5) is 0 Å². The predicted molar refractivity (Wildman–Crippen MR) is 81.8 cm³/mol. The van der Waals surface area contributed by atoms with Crippen molar-refractivity contribution in [2.75, 3.05) is 0 Å². The normalized spacial score (nSPS) is 10.8. The third-order valence-corrected chi connectivity index (χ3v) is 4.54. The molecule has 0 fully saturated rings. The van der Waals surface area contributed by atoms with Gasteiger partial charge in [0, 0.05) is 26.5 Å². The first-order valence-electron chi connectivity index (χ1n) is 5.84. The van der Waals surface area contributed by atoms with Crippen LogP contribution in [0, 0.1) is 0 Å². The monoisotopic (exact) mass is 331 g/mol. The highest BCUT2D eigenvalue weighted by Crippen LogP contribution is 2.21. The SMILES string of the molecule is O=C(Cc1cc(Br)cs1)c1ccc2ccccc2n1. The van der Waals surface area contributed by atoms with Crippen molar-refractivity contribution in [2.24, 2.45) is 0 Å². The van der Waals surface area contributed by atoms with E-state index in [1.54, 1.807) is 17.4 Å². The van der Waals surface area contributed by atoms with Crippen LogP contribution in [0.5, 0.6) is 0 Å². The van der Waals surface area contributed by atoms with E-state index in [2.05, 4.69) is 20.9 Å². The largest absolute Gasteiger partial charge is 0.292 e. The van der Waals surface area contributed by atoms with Gasteiger partial charge in [0.15, 0.2) is 5.78 Å². The number of carbonyl (C=O) groups is 1. The first-order valence-corrected chi connectivity index (χ1v) is 7.51. The third-order valence-electron chi connectivity index (χ3n) is 2.84. The Bertz CT molecular complexity index is 750. The molecule has 0 bridgehead atoms. The van der Waals surface area contributed by atoms with E-state index in [-0.39, 0.29) is 5.78 Å². The van der Waals surface area contributed by atoms with Crippen LogP contribution in [0.2, 0.25) is 0 Å². The van der Waals surface area contributed by atoms with Crippen LogP contribution in [-0.4, -0.2) is 10.8 Å². The summed E-state index contributed by atoms with van der Waals surface area (Å²) in [5.74, 6) is 0.0557. The number of thiophene rings is 1. The Morgan fingerprint density at radius 2 is 2.05 bits per heavy atom. The molecular weight excluding hydrogens is 322 g/mol. The number of benzene rings is 1. The van der Waals surface area contributed by atoms with Crippen molar-refractivity contribution in [1.29, 1.82) is 0 Å². The standard InChI is InChI=1S/C15H10BrNOS/c16-11-7-12(19-9-11)8-15(18)14-6-5-10-3-1-2-4-13(10)17-14/h1-7,9H,8H2. The second-order valence-corrected chi connectivity index (χ2v) is 6.13. The number of rotatable bonds is 3. The Kier molecular flexibility index (Phi) is 3.44. The van der Waals surface area contributed by atoms with Gasteiger partial charge in [-0.05, 0) is 34.1 Å². The smallest absolute Gasteiger partial charge is 0.186 e. The summed E-state index contributed by atoms with van der Waals surface area (Å²) in [4.78, 5) is 17.7. The molecule has 0 aliphatic carbocycles. The first-order chi connectivity index (χ1) is 9.22. The molecule has 2 heterocycles. The quantitative estimate of drug-likeness (QED) is 0.662. The molecular formula is C15H10BrNOS. The summed E-state index contributed by atoms with van der Waals surface area (Å²) >= 11 is 4.98. The highest BCUT2D eigenvalue weighted by Gasteiger charge is 2.10. The molecule has 0 unspecified atom stereocenters. The van der Waals surface area contributed by atoms with Gasteiger partial charge in [0.25, 0.3) is 0 Å². The lowest BCUT2D eigenvalue weighted by Gasteiger charge is -2.01. The topological polar surface area (TPSA) is 30.0 Å². The second-order valence-electron chi connectivity index (χ2n) is 4.22. The van der Waals surface area contributed by atoms with Gasteiger partial charge in [-0.1, -0.05) is 24.3 Å². The average molecular weight is 332 g/mol. The van der Waals surface area contributed by atoms with Gasteiger partial charge in [-0.15, -0.1) is 11.3 Å². The van der Waals surface area contributed by atoms with Crippen molar-refractivity contribution in [3.05, 3.63) is 62.9 Å². The first kappa shape index (κ1) is 12.5. The number of halogens is 1. The Balaban J connectivity index is 1.89. The summed E-state index contributed by atoms with van der Waals surface area (Å²) in [6, 6.07) is 13.5. The Hall–Kier alpha value is -1.52. The van der Waals surface area contributed by atoms with Crippen LogP contribution in [0.25, 0.3) is 10.9 Å². The number of pyridine rings is 1. The lowest BCUT2D eigenvalue weighted by molar-refractivity contribution is 0.0989. The van der Waals surface area contributed by atoms with E-state index in [0.29, 0.717) is 12.1 Å². The molecule has 0 saturated heterocycles. The van der Waals surface area contributed by atoms with Gasteiger partial charge in [-0.2, -0.15) is 0 Å². The molecule has 0 spiro atoms. The molecule has 3 aromatic rings. The summed E-state index contributed by atoms with van der Waals surface area (Å²) in [6.07, 6.45) is 0.404. The third kappa shape index (κ3) is 2.74. The van der Waals surface area contributed by atoms with Gasteiger partial charge in [0.2, 0.25) is 0 Å². The number of aromatic nitrogens is 1. The average Bonchev–Trinajstić information content (AvgIpc) is 2.83. The minimum atomic E-state index is 0.0557. The zero-order valence-corrected chi connectivity index (χ0v) is 12.4. The fraction of sp³-hybridized carbons (Fsp3) is 0.0667. The van der Waals surface area contributed by atoms with E-state index >= 15 is 0 Å². The predicted octanol–water partition coefficient (Wildman–Crippen LogP) is 4.48. The van der Waals surface area contributed by atoms with E-state index in [0.717, 1.165) is 20.3 Å². The van der Waals surface area contributed by atoms with Crippen LogP contribution < -0.4 is 0 Å². The summed E-state index contributed by atoms with van der Waals surface area (Å²) in [5.41, 5.74) is 1.39. The van der Waals surface area contributed by atoms with Gasteiger partial charge in [-0.25, -0.2) is 4.98 Å². The van der Waals surface area contributed by atoms with E-state index in [9.17, 15) is 4.79 Å². The highest BCUT2D eigenvalue weighted by molar-refractivity contribution is 9.10. The van der Waals surface area contributed by atoms with Crippen molar-refractivity contribution in [3.63, 3.8) is 0 Å². The highest BCUT2D eigenvalue weighted by atomic mass is 79.9. The molecule has 2 aromatic heterocycles. The van der Waals surface area contributed by atoms with Crippen molar-refractivity contribution in [1.82, 2.24) is 4.98 Å². The molecule has 0 radical (unpaired) electrons. The number of para-hydroxylation sites is 1. The summed E-state index contributed by atoms with van der Waals surface area (Å²) in [7, 11) is 0. The molecule has 0 aliphatic rings. The molecule has 94 valence electrons. The summed E-state index contributed by atoms with van der Waals surface area (Å²) in [5, 5.41) is 3.04. The van der Waals surface area contributed by atoms with Crippen LogP contribution in [0.3, 0.4) is 0 Å². The van der Waals surface area contributed by atoms with Crippen LogP contribution in [0.1, 0.15) is 15.4 Å². The van der Waals surface area contributed by atoms with E-state index in [4.69, 9.17) is 0 Å². The number of Topliss-reactive ketones (excluding diaryl/α,β-unsaturated/α-hetero) is 1. The molecule has 0 saturated carbocycles. The Labute approximate surface area is 123 Å². The number of hydrogen-bond donors (Lipinski definition) is 0. The molecule has 3 rings (SSSR count). The number of ketones is 1. The van der Waals surface area contributed by atoms with Crippen molar-refractivity contribution in [3.8, 4) is 0 Å². The fourth-order valence-electron chi connectivity index (χ4n) is 1.92. The van der Waals surface area contributed by atoms with Crippen LogP contribution >= 0.6 is 27.3 Å². The molecule has 4 heteroatoms. The van der Waals surface area contributed by atoms with E-state index in [1.807, 2.05) is 41.8 Å². The lowest BCUT2D eigenvalue weighted by Crippen LogP contribution is -2.04. The zero-order valence-electron chi connectivity index (χ0n) is 9.97. The molecule has 2 nitrogen and oxygen atoms in total. The number of carbonyl (C=O) groups excluding carboxylic acids is 1. The molecule has 0 amide bonds. The fourth-order valence-corrected chi connectivity index (χ4v) is 3.37. The van der Waals surface area contributed by atoms with Gasteiger partial charge in [0.05, 0.1) is 5.52 Å². The zero-order chi connectivity index (χ0) is 13.2. The molecule has 0 aliphatic heterocycles. The summed E-state index contributed by atoms with van der Waals surface area (Å²) < 4.78 is 1.02. The van der Waals surface area contributed by atoms with E-state index in [1.165, 1.54) is 0 Å². The lowest BCUT2D eigenvalue weighted by atomic mass is 10.1. The minimum Gasteiger partial charge on any atom is -0.292 e. The van der Waals surface area contributed by atoms with Crippen molar-refractivity contribution >= 4 is 44.0 Å². The number of fused-ring (bicyclic) bond motifs is 1. The van der Waals surface area contributed by atoms with Gasteiger partial charge < -0.3 is 0 Å². The van der Waals surface area contributed by atoms with Gasteiger partial charge >= 0.3 is 0 Å². The molecule has 1 aromatic carbocycles. The number of nitrogens with zero attached hydrogens (tertiary/aromatic N) is 1. The summed E-state index contributed by atoms with van der Waals surface area (Å²) in [6.45, 7) is 0. The maximum absolute atomic E-state index is 12.2. The van der Waals surface area contributed by atoms with Gasteiger partial charge in [0.1, 0.15) is 5.69 Å². The van der Waals surface area contributed by atoms with Crippen LogP contribution in [-0.2, 0) is 6.42 Å². The molecule has 0 N–H and O–H groups in total. The van der Waals surface area contributed by atoms with Crippen molar-refractivity contribution < 1.29 is 4.79 Å².